The number of anilines is 1. The molecule has 5 rings (SSSR count). The molecule has 0 radical (unpaired) electrons. The number of nitrogens with zero attached hydrogens (tertiary/aromatic N) is 1. The van der Waals surface area contributed by atoms with Crippen molar-refractivity contribution in [1.82, 2.24) is 4.98 Å². The molecule has 5 atom stereocenters. The van der Waals surface area contributed by atoms with Crippen LogP contribution in [0.4, 0.5) is 5.69 Å². The first-order chi connectivity index (χ1) is 15.3. The van der Waals surface area contributed by atoms with Crippen LogP contribution in [-0.2, 0) is 19.0 Å². The summed E-state index contributed by atoms with van der Waals surface area (Å²) < 4.78 is 19.2. The maximum atomic E-state index is 11.9. The second-order valence-corrected chi connectivity index (χ2v) is 12.2. The standard InChI is InChI=1S/C27H38N2O4/c1-16(30)28-20-9-8-19(29-21(20)17-10-12-24(2,3)13-11-17)18-14-26(6)22-23(27(7,15-18)33-26)32-25(4,5)31-22/h8-10,18,22-23H,11-15H2,1-7H3,(H,28,30)/t18?,22-,23+,26+,27-. The summed E-state index contributed by atoms with van der Waals surface area (Å²) in [7, 11) is 0. The highest BCUT2D eigenvalue weighted by molar-refractivity contribution is 5.92. The number of carbonyl (C=O) groups excluding carboxylic acids is 1. The van der Waals surface area contributed by atoms with E-state index >= 15 is 0 Å². The number of fused-ring (bicyclic) bond motifs is 5. The first-order valence-electron chi connectivity index (χ1n) is 12.3. The van der Waals surface area contributed by atoms with Crippen LogP contribution < -0.4 is 5.32 Å². The molecule has 1 N–H and O–H groups in total. The largest absolute Gasteiger partial charge is 0.363 e. The molecule has 3 fully saturated rings. The van der Waals surface area contributed by atoms with Gasteiger partial charge in [0, 0.05) is 18.5 Å². The van der Waals surface area contributed by atoms with E-state index in [2.05, 4.69) is 45.2 Å². The molecule has 33 heavy (non-hydrogen) atoms. The first-order valence-corrected chi connectivity index (χ1v) is 12.3. The van der Waals surface area contributed by atoms with Gasteiger partial charge in [-0.3, -0.25) is 9.78 Å². The molecule has 1 aliphatic carbocycles. The van der Waals surface area contributed by atoms with Crippen LogP contribution in [0, 0.1) is 5.41 Å². The van der Waals surface area contributed by atoms with Gasteiger partial charge in [-0.2, -0.15) is 0 Å². The van der Waals surface area contributed by atoms with Crippen LogP contribution >= 0.6 is 0 Å². The Morgan fingerprint density at radius 2 is 1.67 bits per heavy atom. The summed E-state index contributed by atoms with van der Waals surface area (Å²) in [5.74, 6) is -0.418. The summed E-state index contributed by atoms with van der Waals surface area (Å²) in [4.78, 5) is 17.1. The minimum Gasteiger partial charge on any atom is -0.363 e. The molecule has 6 heteroatoms. The van der Waals surface area contributed by atoms with E-state index in [9.17, 15) is 4.79 Å². The summed E-state index contributed by atoms with van der Waals surface area (Å²) >= 11 is 0. The van der Waals surface area contributed by atoms with Gasteiger partial charge in [-0.1, -0.05) is 19.9 Å². The summed E-state index contributed by atoms with van der Waals surface area (Å²) in [5.41, 5.74) is 3.49. The van der Waals surface area contributed by atoms with E-state index in [0.29, 0.717) is 5.41 Å². The predicted octanol–water partition coefficient (Wildman–Crippen LogP) is 5.58. The molecule has 4 heterocycles. The van der Waals surface area contributed by atoms with Gasteiger partial charge in [0.2, 0.25) is 5.91 Å². The van der Waals surface area contributed by atoms with Crippen LogP contribution in [0.15, 0.2) is 18.2 Å². The fourth-order valence-electron chi connectivity index (χ4n) is 6.41. The average molecular weight is 455 g/mol. The van der Waals surface area contributed by atoms with Crippen LogP contribution in [0.25, 0.3) is 5.57 Å². The van der Waals surface area contributed by atoms with Crippen molar-refractivity contribution in [2.45, 2.75) is 116 Å². The van der Waals surface area contributed by atoms with Gasteiger partial charge in [-0.25, -0.2) is 0 Å². The minimum absolute atomic E-state index is 0.0728. The highest BCUT2D eigenvalue weighted by Gasteiger charge is 2.68. The van der Waals surface area contributed by atoms with Crippen molar-refractivity contribution in [3.8, 4) is 0 Å². The monoisotopic (exact) mass is 454 g/mol. The van der Waals surface area contributed by atoms with E-state index in [0.717, 1.165) is 49.2 Å². The third-order valence-electron chi connectivity index (χ3n) is 7.99. The van der Waals surface area contributed by atoms with E-state index in [1.165, 1.54) is 5.57 Å². The molecular weight excluding hydrogens is 416 g/mol. The molecule has 0 saturated carbocycles. The lowest BCUT2D eigenvalue weighted by molar-refractivity contribution is -0.242. The molecule has 3 aliphatic heterocycles. The zero-order chi connectivity index (χ0) is 23.8. The van der Waals surface area contributed by atoms with Gasteiger partial charge in [0.15, 0.2) is 5.79 Å². The van der Waals surface area contributed by atoms with Gasteiger partial charge < -0.3 is 19.5 Å². The SMILES string of the molecule is CC(=O)Nc1ccc(C2C[C@@]3(C)O[C@@](C)(C2)[C@@H]2OC(C)(C)O[C@@H]23)nc1C1=CCC(C)(C)CC1. The molecule has 3 saturated heterocycles. The number of aromatic nitrogens is 1. The Kier molecular flexibility index (Phi) is 5.14. The van der Waals surface area contributed by atoms with Gasteiger partial charge in [0.1, 0.15) is 12.2 Å². The summed E-state index contributed by atoms with van der Waals surface area (Å²) in [5, 5.41) is 3.00. The van der Waals surface area contributed by atoms with Crippen molar-refractivity contribution in [1.29, 1.82) is 0 Å². The summed E-state index contributed by atoms with van der Waals surface area (Å²) in [6, 6.07) is 4.10. The zero-order valence-corrected chi connectivity index (χ0v) is 21.1. The fourth-order valence-corrected chi connectivity index (χ4v) is 6.41. The van der Waals surface area contributed by atoms with Crippen LogP contribution in [0.5, 0.6) is 0 Å². The minimum atomic E-state index is -0.582. The Morgan fingerprint density at radius 3 is 2.21 bits per heavy atom. The normalized spacial score (nSPS) is 38.5. The lowest BCUT2D eigenvalue weighted by atomic mass is 9.77. The Labute approximate surface area is 197 Å². The maximum absolute atomic E-state index is 11.9. The number of ether oxygens (including phenoxy) is 3. The summed E-state index contributed by atoms with van der Waals surface area (Å²) in [6.45, 7) is 14.4. The number of allylic oxidation sites excluding steroid dienone is 2. The Hall–Kier alpha value is -1.76. The van der Waals surface area contributed by atoms with Crippen molar-refractivity contribution in [2.24, 2.45) is 5.41 Å². The van der Waals surface area contributed by atoms with Crippen LogP contribution in [-0.4, -0.2) is 40.1 Å². The molecule has 0 aromatic carbocycles. The van der Waals surface area contributed by atoms with Crippen LogP contribution in [0.3, 0.4) is 0 Å². The highest BCUT2D eigenvalue weighted by atomic mass is 16.8. The molecule has 0 spiro atoms. The molecule has 180 valence electrons. The van der Waals surface area contributed by atoms with E-state index in [1.54, 1.807) is 6.92 Å². The molecule has 1 aromatic rings. The van der Waals surface area contributed by atoms with Gasteiger partial charge in [-0.15, -0.1) is 0 Å². The second-order valence-electron chi connectivity index (χ2n) is 12.2. The molecule has 4 aliphatic rings. The number of pyridine rings is 1. The predicted molar refractivity (Wildman–Crippen MR) is 128 cm³/mol. The number of hydrogen-bond donors (Lipinski definition) is 1. The van der Waals surface area contributed by atoms with E-state index < -0.39 is 17.0 Å². The average Bonchev–Trinajstić information content (AvgIpc) is 3.10. The van der Waals surface area contributed by atoms with Crippen molar-refractivity contribution in [3.63, 3.8) is 0 Å². The highest BCUT2D eigenvalue weighted by Crippen LogP contribution is 2.58. The fraction of sp³-hybridized carbons (Fsp3) is 0.704. The number of nitrogens with one attached hydrogen (secondary N) is 1. The Balaban J connectivity index is 1.48. The third-order valence-corrected chi connectivity index (χ3v) is 7.99. The van der Waals surface area contributed by atoms with Crippen molar-refractivity contribution >= 4 is 17.2 Å². The van der Waals surface area contributed by atoms with Gasteiger partial charge in [-0.05, 0) is 82.9 Å². The molecule has 1 unspecified atom stereocenters. The van der Waals surface area contributed by atoms with E-state index in [1.807, 2.05) is 19.9 Å². The molecule has 6 nitrogen and oxygen atoms in total. The maximum Gasteiger partial charge on any atom is 0.221 e. The topological polar surface area (TPSA) is 69.7 Å². The summed E-state index contributed by atoms with van der Waals surface area (Å²) in [6.07, 6.45) is 6.93. The van der Waals surface area contributed by atoms with Gasteiger partial charge in [0.25, 0.3) is 0 Å². The van der Waals surface area contributed by atoms with E-state index in [4.69, 9.17) is 19.2 Å². The van der Waals surface area contributed by atoms with Crippen LogP contribution in [0.2, 0.25) is 0 Å². The molecule has 1 aromatic heterocycles. The number of amides is 1. The van der Waals surface area contributed by atoms with Crippen molar-refractivity contribution in [2.75, 3.05) is 5.32 Å². The smallest absolute Gasteiger partial charge is 0.221 e. The zero-order valence-electron chi connectivity index (χ0n) is 21.1. The quantitative estimate of drug-likeness (QED) is 0.646. The first kappa shape index (κ1) is 23.0. The van der Waals surface area contributed by atoms with Crippen molar-refractivity contribution < 1.29 is 19.0 Å². The van der Waals surface area contributed by atoms with Gasteiger partial charge in [0.05, 0.1) is 22.6 Å². The lowest BCUT2D eigenvalue weighted by Gasteiger charge is -2.43. The number of rotatable bonds is 3. The number of carbonyl (C=O) groups is 1. The van der Waals surface area contributed by atoms with Crippen LogP contribution in [0.1, 0.15) is 97.9 Å². The molecule has 2 bridgehead atoms. The lowest BCUT2D eigenvalue weighted by Crippen LogP contribution is -2.46. The Morgan fingerprint density at radius 1 is 1.03 bits per heavy atom. The number of hydrogen-bond acceptors (Lipinski definition) is 5. The van der Waals surface area contributed by atoms with Gasteiger partial charge >= 0.3 is 0 Å². The molecular formula is C27H38N2O4. The van der Waals surface area contributed by atoms with Crippen molar-refractivity contribution in [3.05, 3.63) is 29.6 Å². The third kappa shape index (κ3) is 4.04. The molecule has 1 amide bonds. The Bertz CT molecular complexity index is 987. The second kappa shape index (κ2) is 7.37. The van der Waals surface area contributed by atoms with E-state index in [-0.39, 0.29) is 24.0 Å².